The molecule has 1 aliphatic heterocycles. The maximum Gasteiger partial charge on any atom is 0.252 e. The highest BCUT2D eigenvalue weighted by Crippen LogP contribution is 2.25. The van der Waals surface area contributed by atoms with Crippen LogP contribution in [0.15, 0.2) is 42.6 Å². The van der Waals surface area contributed by atoms with Crippen molar-refractivity contribution in [2.24, 2.45) is 0 Å². The molecule has 6 heteroatoms. The molecule has 1 aliphatic rings. The van der Waals surface area contributed by atoms with Crippen molar-refractivity contribution in [2.75, 3.05) is 18.8 Å². The number of hydrogen-bond acceptors (Lipinski definition) is 4. The summed E-state index contributed by atoms with van der Waals surface area (Å²) in [5, 5.41) is 1.66. The molecule has 0 saturated heterocycles. The Labute approximate surface area is 141 Å². The summed E-state index contributed by atoms with van der Waals surface area (Å²) < 4.78 is 0.779. The molecule has 1 N–H and O–H groups in total. The van der Waals surface area contributed by atoms with Crippen molar-refractivity contribution in [2.45, 2.75) is 19.9 Å². The van der Waals surface area contributed by atoms with E-state index in [0.29, 0.717) is 5.75 Å². The van der Waals surface area contributed by atoms with E-state index in [9.17, 15) is 4.79 Å². The van der Waals surface area contributed by atoms with Crippen LogP contribution in [0.25, 0.3) is 0 Å². The lowest BCUT2D eigenvalue weighted by Gasteiger charge is -2.26. The molecule has 0 aliphatic carbocycles. The molecule has 118 valence electrons. The number of nitrogens with one attached hydrogen (secondary N) is 1. The average molecular weight is 335 g/mol. The van der Waals surface area contributed by atoms with Crippen LogP contribution in [0.1, 0.15) is 25.5 Å². The van der Waals surface area contributed by atoms with Gasteiger partial charge in [-0.3, -0.25) is 4.79 Å². The van der Waals surface area contributed by atoms with Gasteiger partial charge in [-0.15, -0.1) is 0 Å². The Balaban J connectivity index is 1.94. The Morgan fingerprint density at radius 3 is 2.64 bits per heavy atom. The van der Waals surface area contributed by atoms with E-state index in [-0.39, 0.29) is 11.9 Å². The minimum Gasteiger partial charge on any atom is -0.358 e. The number of hydrazine groups is 1. The van der Waals surface area contributed by atoms with Crippen LogP contribution in [0, 0.1) is 0 Å². The highest BCUT2D eigenvalue weighted by atomic mass is 32.2. The Hall–Kier alpha value is -1.53. The summed E-state index contributed by atoms with van der Waals surface area (Å²) in [5.74, 6) is 0.367. The SMILES string of the molecule is CCN(CC)C(=S)SCC(=O)N1NC=CC1c1ccccc1. The number of hydrogen-bond donors (Lipinski definition) is 1. The van der Waals surface area contributed by atoms with Gasteiger partial charge < -0.3 is 10.3 Å². The third kappa shape index (κ3) is 4.01. The summed E-state index contributed by atoms with van der Waals surface area (Å²) in [6.07, 6.45) is 3.80. The molecule has 1 unspecified atom stereocenters. The van der Waals surface area contributed by atoms with E-state index in [1.165, 1.54) is 11.8 Å². The van der Waals surface area contributed by atoms with Gasteiger partial charge in [0.25, 0.3) is 5.91 Å². The number of thiocarbonyl (C=S) groups is 1. The fourth-order valence-electron chi connectivity index (χ4n) is 2.28. The molecule has 0 fully saturated rings. The van der Waals surface area contributed by atoms with Gasteiger partial charge in [0.2, 0.25) is 0 Å². The van der Waals surface area contributed by atoms with Gasteiger partial charge in [0.15, 0.2) is 0 Å². The minimum absolute atomic E-state index is 0.0263. The van der Waals surface area contributed by atoms with E-state index >= 15 is 0 Å². The first-order valence-electron chi connectivity index (χ1n) is 7.38. The fourth-order valence-corrected chi connectivity index (χ4v) is 3.55. The molecule has 1 aromatic carbocycles. The van der Waals surface area contributed by atoms with Gasteiger partial charge >= 0.3 is 0 Å². The van der Waals surface area contributed by atoms with Gasteiger partial charge in [-0.05, 0) is 25.5 Å². The molecule has 2 rings (SSSR count). The molecule has 0 radical (unpaired) electrons. The highest BCUT2D eigenvalue weighted by Gasteiger charge is 2.26. The fraction of sp³-hybridized carbons (Fsp3) is 0.375. The smallest absolute Gasteiger partial charge is 0.252 e. The maximum atomic E-state index is 12.5. The normalized spacial score (nSPS) is 16.5. The number of carbonyl (C=O) groups excluding carboxylic acids is 1. The predicted molar refractivity (Wildman–Crippen MR) is 96.3 cm³/mol. The zero-order chi connectivity index (χ0) is 15.9. The minimum atomic E-state index is -0.0590. The number of carbonyl (C=O) groups is 1. The van der Waals surface area contributed by atoms with Crippen molar-refractivity contribution in [3.05, 3.63) is 48.2 Å². The van der Waals surface area contributed by atoms with E-state index in [1.54, 1.807) is 5.01 Å². The van der Waals surface area contributed by atoms with Crippen LogP contribution >= 0.6 is 24.0 Å². The summed E-state index contributed by atoms with van der Waals surface area (Å²) in [6.45, 7) is 5.87. The largest absolute Gasteiger partial charge is 0.358 e. The van der Waals surface area contributed by atoms with Crippen LogP contribution in [-0.2, 0) is 4.79 Å². The summed E-state index contributed by atoms with van der Waals surface area (Å²) >= 11 is 6.80. The first kappa shape index (κ1) is 16.8. The van der Waals surface area contributed by atoms with E-state index in [1.807, 2.05) is 42.6 Å². The molecule has 0 spiro atoms. The topological polar surface area (TPSA) is 35.6 Å². The zero-order valence-electron chi connectivity index (χ0n) is 12.9. The number of benzene rings is 1. The van der Waals surface area contributed by atoms with Crippen LogP contribution in [0.4, 0.5) is 0 Å². The lowest BCUT2D eigenvalue weighted by Crippen LogP contribution is -2.40. The number of amides is 1. The lowest BCUT2D eigenvalue weighted by atomic mass is 10.1. The molecule has 1 amide bonds. The van der Waals surface area contributed by atoms with Crippen LogP contribution in [-0.4, -0.2) is 39.0 Å². The van der Waals surface area contributed by atoms with E-state index in [2.05, 4.69) is 24.2 Å². The number of thioether (sulfide) groups is 1. The van der Waals surface area contributed by atoms with Crippen molar-refractivity contribution in [3.8, 4) is 0 Å². The van der Waals surface area contributed by atoms with Crippen LogP contribution < -0.4 is 5.43 Å². The molecule has 22 heavy (non-hydrogen) atoms. The van der Waals surface area contributed by atoms with Gasteiger partial charge in [0.1, 0.15) is 4.32 Å². The summed E-state index contributed by atoms with van der Waals surface area (Å²) in [5.41, 5.74) is 4.11. The van der Waals surface area contributed by atoms with Gasteiger partial charge in [0, 0.05) is 19.3 Å². The van der Waals surface area contributed by atoms with Crippen molar-refractivity contribution in [1.82, 2.24) is 15.3 Å². The standard InChI is InChI=1S/C16H21N3OS2/c1-3-18(4-2)16(21)22-12-15(20)19-14(10-11-17-19)13-8-6-5-7-9-13/h5-11,14,17H,3-4,12H2,1-2H3. The maximum absolute atomic E-state index is 12.5. The second kappa shape index (κ2) is 8.19. The van der Waals surface area contributed by atoms with Crippen LogP contribution in [0.5, 0.6) is 0 Å². The molecule has 1 aromatic rings. The van der Waals surface area contributed by atoms with Crippen molar-refractivity contribution >= 4 is 34.2 Å². The Morgan fingerprint density at radius 2 is 2.00 bits per heavy atom. The van der Waals surface area contributed by atoms with Crippen molar-refractivity contribution in [1.29, 1.82) is 0 Å². The third-order valence-electron chi connectivity index (χ3n) is 3.52. The molecule has 0 aromatic heterocycles. The molecular weight excluding hydrogens is 314 g/mol. The third-order valence-corrected chi connectivity index (χ3v) is 5.03. The van der Waals surface area contributed by atoms with Gasteiger partial charge in [-0.1, -0.05) is 54.3 Å². The lowest BCUT2D eigenvalue weighted by molar-refractivity contribution is -0.131. The molecule has 4 nitrogen and oxygen atoms in total. The van der Waals surface area contributed by atoms with Crippen molar-refractivity contribution in [3.63, 3.8) is 0 Å². The second-order valence-electron chi connectivity index (χ2n) is 4.83. The average Bonchev–Trinajstić information content (AvgIpc) is 3.04. The first-order chi connectivity index (χ1) is 10.7. The molecule has 0 bridgehead atoms. The van der Waals surface area contributed by atoms with Crippen molar-refractivity contribution < 1.29 is 4.79 Å². The number of nitrogens with zero attached hydrogens (tertiary/aromatic N) is 2. The molecule has 0 saturated carbocycles. The Kier molecular flexibility index (Phi) is 6.27. The second-order valence-corrected chi connectivity index (χ2v) is 6.44. The van der Waals surface area contributed by atoms with Crippen LogP contribution in [0.2, 0.25) is 0 Å². The van der Waals surface area contributed by atoms with Gasteiger partial charge in [0.05, 0.1) is 11.8 Å². The highest BCUT2D eigenvalue weighted by molar-refractivity contribution is 8.23. The predicted octanol–water partition coefficient (Wildman–Crippen LogP) is 2.95. The molecule has 1 atom stereocenters. The summed E-state index contributed by atoms with van der Waals surface area (Å²) in [7, 11) is 0. The van der Waals surface area contributed by atoms with Gasteiger partial charge in [-0.2, -0.15) is 0 Å². The van der Waals surface area contributed by atoms with E-state index < -0.39 is 0 Å². The molecule has 1 heterocycles. The zero-order valence-corrected chi connectivity index (χ0v) is 14.5. The van der Waals surface area contributed by atoms with E-state index in [0.717, 1.165) is 23.0 Å². The number of rotatable bonds is 5. The monoisotopic (exact) mass is 335 g/mol. The quantitative estimate of drug-likeness (QED) is 0.837. The van der Waals surface area contributed by atoms with Crippen LogP contribution in [0.3, 0.4) is 0 Å². The summed E-state index contributed by atoms with van der Waals surface area (Å²) in [6, 6.07) is 9.92. The Bertz CT molecular complexity index is 544. The van der Waals surface area contributed by atoms with E-state index in [4.69, 9.17) is 12.2 Å². The Morgan fingerprint density at radius 1 is 1.32 bits per heavy atom. The first-order valence-corrected chi connectivity index (χ1v) is 8.78. The molecular formula is C16H21N3OS2. The van der Waals surface area contributed by atoms with Gasteiger partial charge in [-0.25, -0.2) is 5.01 Å². The summed E-state index contributed by atoms with van der Waals surface area (Å²) in [4.78, 5) is 14.5.